The maximum atomic E-state index is 6.21. The van der Waals surface area contributed by atoms with Crippen molar-refractivity contribution < 1.29 is 14.0 Å². The third kappa shape index (κ3) is 3.90. The van der Waals surface area contributed by atoms with E-state index in [9.17, 15) is 0 Å². The molecule has 0 fully saturated rings. The number of nitrogens with zero attached hydrogens (tertiary/aromatic N) is 3. The van der Waals surface area contributed by atoms with Crippen LogP contribution in [0.15, 0.2) is 16.7 Å². The Morgan fingerprint density at radius 3 is 2.45 bits per heavy atom. The van der Waals surface area contributed by atoms with Crippen molar-refractivity contribution in [2.75, 3.05) is 20.8 Å². The lowest BCUT2D eigenvalue weighted by Gasteiger charge is -2.20. The van der Waals surface area contributed by atoms with E-state index in [1.54, 1.807) is 27.2 Å². The smallest absolute Gasteiger partial charge is 0.223 e. The second-order valence-electron chi connectivity index (χ2n) is 4.83. The van der Waals surface area contributed by atoms with Gasteiger partial charge in [-0.05, 0) is 12.6 Å². The van der Waals surface area contributed by atoms with Crippen molar-refractivity contribution in [3.05, 3.63) is 34.4 Å². The lowest BCUT2D eigenvalue weighted by atomic mass is 10.1. The van der Waals surface area contributed by atoms with Crippen LogP contribution in [0.25, 0.3) is 0 Å². The van der Waals surface area contributed by atoms with Gasteiger partial charge in [-0.25, -0.2) is 0 Å². The Morgan fingerprint density at radius 2 is 1.91 bits per heavy atom. The molecule has 1 aromatic heterocycles. The summed E-state index contributed by atoms with van der Waals surface area (Å²) in [6.07, 6.45) is 0. The lowest BCUT2D eigenvalue weighted by Crippen LogP contribution is -2.23. The Morgan fingerprint density at radius 1 is 1.18 bits per heavy atom. The first-order valence-electron chi connectivity index (χ1n) is 6.99. The van der Waals surface area contributed by atoms with Gasteiger partial charge in [0.1, 0.15) is 11.5 Å². The highest BCUT2D eigenvalue weighted by molar-refractivity contribution is 6.32. The molecule has 0 atom stereocenters. The van der Waals surface area contributed by atoms with E-state index in [4.69, 9.17) is 25.6 Å². The van der Waals surface area contributed by atoms with Gasteiger partial charge in [0.05, 0.1) is 25.8 Å². The number of aromatic nitrogens is 2. The Labute approximate surface area is 135 Å². The van der Waals surface area contributed by atoms with Crippen LogP contribution in [0, 0.1) is 6.92 Å². The van der Waals surface area contributed by atoms with Crippen molar-refractivity contribution in [3.63, 3.8) is 0 Å². The summed E-state index contributed by atoms with van der Waals surface area (Å²) >= 11 is 6.21. The summed E-state index contributed by atoms with van der Waals surface area (Å²) in [6, 6.07) is 3.66. The minimum Gasteiger partial charge on any atom is -0.496 e. The van der Waals surface area contributed by atoms with Crippen LogP contribution in [0.4, 0.5) is 0 Å². The van der Waals surface area contributed by atoms with Gasteiger partial charge in [-0.15, -0.1) is 0 Å². The van der Waals surface area contributed by atoms with Gasteiger partial charge in [0, 0.05) is 25.1 Å². The summed E-state index contributed by atoms with van der Waals surface area (Å²) in [5.74, 6) is 2.57. The minimum atomic E-state index is 0.560. The number of benzene rings is 1. The second kappa shape index (κ2) is 7.47. The number of hydrogen-bond acceptors (Lipinski definition) is 6. The van der Waals surface area contributed by atoms with Crippen molar-refractivity contribution in [1.29, 1.82) is 0 Å². The fourth-order valence-corrected chi connectivity index (χ4v) is 2.44. The quantitative estimate of drug-likeness (QED) is 0.779. The van der Waals surface area contributed by atoms with E-state index in [1.807, 2.05) is 6.07 Å². The van der Waals surface area contributed by atoms with Crippen LogP contribution in [0.2, 0.25) is 5.02 Å². The molecular weight excluding hydrogens is 306 g/mol. The topological polar surface area (TPSA) is 60.6 Å². The molecule has 120 valence electrons. The predicted octanol–water partition coefficient (Wildman–Crippen LogP) is 3.07. The number of hydrogen-bond donors (Lipinski definition) is 0. The molecule has 0 aliphatic rings. The second-order valence-corrected chi connectivity index (χ2v) is 5.24. The van der Waals surface area contributed by atoms with Crippen molar-refractivity contribution in [3.8, 4) is 11.5 Å². The highest BCUT2D eigenvalue weighted by Gasteiger charge is 2.15. The Hall–Kier alpha value is -1.79. The zero-order valence-electron chi connectivity index (χ0n) is 13.2. The molecule has 0 unspecified atom stereocenters. The summed E-state index contributed by atoms with van der Waals surface area (Å²) in [6.45, 7) is 5.95. The largest absolute Gasteiger partial charge is 0.496 e. The molecule has 0 aliphatic carbocycles. The highest BCUT2D eigenvalue weighted by atomic mass is 35.5. The summed E-state index contributed by atoms with van der Waals surface area (Å²) in [7, 11) is 3.21. The van der Waals surface area contributed by atoms with E-state index in [2.05, 4.69) is 22.0 Å². The van der Waals surface area contributed by atoms with E-state index < -0.39 is 0 Å². The molecule has 0 bridgehead atoms. The van der Waals surface area contributed by atoms with Crippen molar-refractivity contribution in [2.24, 2.45) is 0 Å². The van der Waals surface area contributed by atoms with Crippen LogP contribution in [0.3, 0.4) is 0 Å². The third-order valence-electron chi connectivity index (χ3n) is 3.33. The lowest BCUT2D eigenvalue weighted by molar-refractivity contribution is 0.254. The average Bonchev–Trinajstić information content (AvgIpc) is 2.92. The molecule has 0 saturated carbocycles. The van der Waals surface area contributed by atoms with Crippen molar-refractivity contribution in [2.45, 2.75) is 26.9 Å². The van der Waals surface area contributed by atoms with Gasteiger partial charge in [0.2, 0.25) is 5.89 Å². The van der Waals surface area contributed by atoms with E-state index in [0.29, 0.717) is 35.6 Å². The summed E-state index contributed by atoms with van der Waals surface area (Å²) in [5.41, 5.74) is 0.982. The summed E-state index contributed by atoms with van der Waals surface area (Å²) in [4.78, 5) is 6.40. The molecule has 0 saturated heterocycles. The Balaban J connectivity index is 2.18. The van der Waals surface area contributed by atoms with Crippen LogP contribution >= 0.6 is 11.6 Å². The van der Waals surface area contributed by atoms with E-state index in [-0.39, 0.29) is 0 Å². The van der Waals surface area contributed by atoms with Crippen LogP contribution in [0.1, 0.15) is 24.2 Å². The van der Waals surface area contributed by atoms with Gasteiger partial charge < -0.3 is 14.0 Å². The van der Waals surface area contributed by atoms with Gasteiger partial charge in [0.25, 0.3) is 0 Å². The van der Waals surface area contributed by atoms with Gasteiger partial charge >= 0.3 is 0 Å². The van der Waals surface area contributed by atoms with E-state index in [0.717, 1.165) is 17.9 Å². The average molecular weight is 326 g/mol. The van der Waals surface area contributed by atoms with Crippen LogP contribution < -0.4 is 9.47 Å². The van der Waals surface area contributed by atoms with E-state index >= 15 is 0 Å². The molecule has 2 rings (SSSR count). The summed E-state index contributed by atoms with van der Waals surface area (Å²) < 4.78 is 15.6. The molecule has 1 aromatic carbocycles. The van der Waals surface area contributed by atoms with Crippen LogP contribution in [-0.2, 0) is 13.1 Å². The summed E-state index contributed by atoms with van der Waals surface area (Å²) in [5, 5.41) is 4.49. The highest BCUT2D eigenvalue weighted by Crippen LogP contribution is 2.33. The number of aryl methyl sites for hydroxylation is 1. The molecule has 0 amide bonds. The Bertz CT molecular complexity index is 630. The molecule has 0 radical (unpaired) electrons. The number of rotatable bonds is 7. The molecule has 0 spiro atoms. The maximum Gasteiger partial charge on any atom is 0.223 e. The molecule has 6 nitrogen and oxygen atoms in total. The normalized spacial score (nSPS) is 11.0. The van der Waals surface area contributed by atoms with Crippen molar-refractivity contribution >= 4 is 11.6 Å². The minimum absolute atomic E-state index is 0.560. The molecule has 0 aliphatic heterocycles. The molecular formula is C15H20ClN3O3. The monoisotopic (exact) mass is 325 g/mol. The fourth-order valence-electron chi connectivity index (χ4n) is 2.17. The molecule has 1 heterocycles. The van der Waals surface area contributed by atoms with E-state index in [1.165, 1.54) is 0 Å². The first kappa shape index (κ1) is 16.6. The zero-order chi connectivity index (χ0) is 16.1. The number of halogens is 1. The van der Waals surface area contributed by atoms with Crippen LogP contribution in [0.5, 0.6) is 11.5 Å². The van der Waals surface area contributed by atoms with Gasteiger partial charge in [0.15, 0.2) is 5.82 Å². The molecule has 7 heteroatoms. The number of methoxy groups -OCH3 is 2. The maximum absolute atomic E-state index is 6.21. The number of ether oxygens (including phenoxy) is 2. The van der Waals surface area contributed by atoms with Crippen LogP contribution in [-0.4, -0.2) is 35.8 Å². The molecule has 0 N–H and O–H groups in total. The van der Waals surface area contributed by atoms with Crippen molar-refractivity contribution in [1.82, 2.24) is 15.0 Å². The van der Waals surface area contributed by atoms with Gasteiger partial charge in [-0.2, -0.15) is 4.98 Å². The zero-order valence-corrected chi connectivity index (χ0v) is 14.0. The predicted molar refractivity (Wildman–Crippen MR) is 83.4 cm³/mol. The molecule has 2 aromatic rings. The first-order chi connectivity index (χ1) is 10.6. The molecule has 22 heavy (non-hydrogen) atoms. The third-order valence-corrected chi connectivity index (χ3v) is 3.63. The first-order valence-corrected chi connectivity index (χ1v) is 7.37. The van der Waals surface area contributed by atoms with Gasteiger partial charge in [-0.1, -0.05) is 23.7 Å². The fraction of sp³-hybridized carbons (Fsp3) is 0.467. The Kier molecular flexibility index (Phi) is 5.63. The standard InChI is InChI=1S/C15H20ClN3O3/c1-5-19(9-15-17-10(2)22-18-15)8-11-6-12(16)14(21-4)7-13(11)20-3/h6-7H,5,8-9H2,1-4H3. The SMILES string of the molecule is CCN(Cc1noc(C)n1)Cc1cc(Cl)c(OC)cc1OC. The van der Waals surface area contributed by atoms with Gasteiger partial charge in [-0.3, -0.25) is 4.90 Å².